The number of benzene rings is 1. The van der Waals surface area contributed by atoms with E-state index in [4.69, 9.17) is 10.3 Å². The van der Waals surface area contributed by atoms with Gasteiger partial charge in [0.15, 0.2) is 0 Å². The van der Waals surface area contributed by atoms with Gasteiger partial charge in [0.1, 0.15) is 5.58 Å². The van der Waals surface area contributed by atoms with Crippen LogP contribution in [0, 0.1) is 20.8 Å². The Kier molecular flexibility index (Phi) is 4.23. The van der Waals surface area contributed by atoms with Crippen molar-refractivity contribution < 1.29 is 4.42 Å². The summed E-state index contributed by atoms with van der Waals surface area (Å²) >= 11 is 1.40. The van der Waals surface area contributed by atoms with Gasteiger partial charge in [-0.05, 0) is 44.0 Å². The van der Waals surface area contributed by atoms with E-state index in [1.807, 2.05) is 45.0 Å². The van der Waals surface area contributed by atoms with Crippen LogP contribution >= 0.6 is 11.8 Å². The minimum absolute atomic E-state index is 0.374. The predicted molar refractivity (Wildman–Crippen MR) is 104 cm³/mol. The van der Waals surface area contributed by atoms with Crippen LogP contribution in [0.1, 0.15) is 22.5 Å². The van der Waals surface area contributed by atoms with Crippen LogP contribution in [0.3, 0.4) is 0 Å². The summed E-state index contributed by atoms with van der Waals surface area (Å²) in [4.78, 5) is 11.9. The lowest BCUT2D eigenvalue weighted by atomic mass is 10.1. The maximum Gasteiger partial charge on any atom is 0.336 e. The zero-order valence-electron chi connectivity index (χ0n) is 15.1. The number of nitrogens with zero attached hydrogens (tertiary/aromatic N) is 5. The Bertz CT molecular complexity index is 1210. The second kappa shape index (κ2) is 6.58. The third-order valence-corrected chi connectivity index (χ3v) is 5.18. The highest BCUT2D eigenvalue weighted by molar-refractivity contribution is 7.98. The molecule has 0 aliphatic rings. The molecule has 0 radical (unpaired) electrons. The summed E-state index contributed by atoms with van der Waals surface area (Å²) in [5.74, 6) is 7.12. The normalized spacial score (nSPS) is 11.4. The Labute approximate surface area is 159 Å². The molecule has 0 fully saturated rings. The van der Waals surface area contributed by atoms with E-state index in [-0.39, 0.29) is 5.63 Å². The molecule has 9 heteroatoms. The number of aryl methyl sites for hydroxylation is 3. The van der Waals surface area contributed by atoms with Gasteiger partial charge in [-0.2, -0.15) is 5.10 Å². The highest BCUT2D eigenvalue weighted by atomic mass is 32.2. The largest absolute Gasteiger partial charge is 0.423 e. The molecular formula is C18H18N6O2S. The molecule has 3 aromatic heterocycles. The molecular weight excluding hydrogens is 364 g/mol. The Hall–Kier alpha value is -3.07. The van der Waals surface area contributed by atoms with Gasteiger partial charge >= 0.3 is 5.63 Å². The second-order valence-corrected chi connectivity index (χ2v) is 7.31. The molecule has 0 aliphatic heterocycles. The number of thioether (sulfide) groups is 1. The first-order valence-corrected chi connectivity index (χ1v) is 9.31. The Morgan fingerprint density at radius 2 is 1.96 bits per heavy atom. The highest BCUT2D eigenvalue weighted by Crippen LogP contribution is 2.26. The van der Waals surface area contributed by atoms with E-state index in [0.29, 0.717) is 22.4 Å². The van der Waals surface area contributed by atoms with E-state index < -0.39 is 0 Å². The highest BCUT2D eigenvalue weighted by Gasteiger charge is 2.16. The van der Waals surface area contributed by atoms with E-state index in [9.17, 15) is 4.79 Å². The van der Waals surface area contributed by atoms with Gasteiger partial charge in [-0.25, -0.2) is 14.2 Å². The molecule has 0 saturated heterocycles. The van der Waals surface area contributed by atoms with E-state index in [0.717, 1.165) is 27.9 Å². The van der Waals surface area contributed by atoms with Crippen molar-refractivity contribution >= 4 is 22.7 Å². The number of rotatable bonds is 4. The van der Waals surface area contributed by atoms with Crippen molar-refractivity contribution in [2.45, 2.75) is 31.7 Å². The van der Waals surface area contributed by atoms with E-state index in [2.05, 4.69) is 15.3 Å². The molecule has 8 nitrogen and oxygen atoms in total. The molecule has 0 atom stereocenters. The summed E-state index contributed by atoms with van der Waals surface area (Å²) < 4.78 is 8.36. The molecule has 0 unspecified atom stereocenters. The summed E-state index contributed by atoms with van der Waals surface area (Å²) in [5.41, 5.74) is 3.90. The maximum absolute atomic E-state index is 11.9. The van der Waals surface area contributed by atoms with Crippen LogP contribution < -0.4 is 11.5 Å². The number of nitrogen functional groups attached to an aromatic ring is 1. The van der Waals surface area contributed by atoms with E-state index in [1.165, 1.54) is 22.5 Å². The monoisotopic (exact) mass is 382 g/mol. The molecule has 0 saturated carbocycles. The fraction of sp³-hybridized carbons (Fsp3) is 0.222. The van der Waals surface area contributed by atoms with Crippen molar-refractivity contribution in [1.82, 2.24) is 24.7 Å². The standard InChI is InChI=1S/C18H18N6O2S/c1-10-4-5-14-13(8-16(25)26-15(14)6-10)9-27-18-21-20-17(23(18)19)24-12(3)7-11(2)22-24/h4-8H,9,19H2,1-3H3. The number of nitrogens with two attached hydrogens (primary N) is 1. The van der Waals surface area contributed by atoms with Crippen molar-refractivity contribution in [3.8, 4) is 5.95 Å². The van der Waals surface area contributed by atoms with E-state index >= 15 is 0 Å². The summed E-state index contributed by atoms with van der Waals surface area (Å²) in [6.07, 6.45) is 0. The van der Waals surface area contributed by atoms with Gasteiger partial charge in [0, 0.05) is 22.9 Å². The van der Waals surface area contributed by atoms with E-state index in [1.54, 1.807) is 4.68 Å². The quantitative estimate of drug-likeness (QED) is 0.328. The first-order chi connectivity index (χ1) is 12.9. The summed E-state index contributed by atoms with van der Waals surface area (Å²) in [6.45, 7) is 5.79. The Morgan fingerprint density at radius 3 is 2.70 bits per heavy atom. The first kappa shape index (κ1) is 17.3. The molecule has 0 spiro atoms. The zero-order chi connectivity index (χ0) is 19.1. The molecule has 27 heavy (non-hydrogen) atoms. The van der Waals surface area contributed by atoms with Gasteiger partial charge in [-0.15, -0.1) is 10.2 Å². The average Bonchev–Trinajstić information content (AvgIpc) is 3.13. The van der Waals surface area contributed by atoms with Gasteiger partial charge in [-0.1, -0.05) is 23.9 Å². The number of aromatic nitrogens is 5. The summed E-state index contributed by atoms with van der Waals surface area (Å²) in [5, 5.41) is 14.1. The van der Waals surface area contributed by atoms with Crippen molar-refractivity contribution in [2.75, 3.05) is 5.84 Å². The first-order valence-electron chi connectivity index (χ1n) is 8.32. The van der Waals surface area contributed by atoms with Crippen molar-refractivity contribution in [3.05, 3.63) is 63.3 Å². The van der Waals surface area contributed by atoms with Crippen molar-refractivity contribution in [1.29, 1.82) is 0 Å². The van der Waals surface area contributed by atoms with Crippen LogP contribution in [-0.2, 0) is 5.75 Å². The van der Waals surface area contributed by atoms with Gasteiger partial charge in [0.05, 0.1) is 5.69 Å². The molecule has 3 heterocycles. The Morgan fingerprint density at radius 1 is 1.15 bits per heavy atom. The zero-order valence-corrected chi connectivity index (χ0v) is 15.9. The maximum atomic E-state index is 11.9. The molecule has 0 amide bonds. The molecule has 2 N–H and O–H groups in total. The lowest BCUT2D eigenvalue weighted by Gasteiger charge is -2.07. The fourth-order valence-electron chi connectivity index (χ4n) is 2.94. The van der Waals surface area contributed by atoms with Gasteiger partial charge < -0.3 is 10.3 Å². The van der Waals surface area contributed by atoms with Crippen LogP contribution in [-0.4, -0.2) is 24.7 Å². The molecule has 4 rings (SSSR count). The van der Waals surface area contributed by atoms with Crippen molar-refractivity contribution in [3.63, 3.8) is 0 Å². The molecule has 0 aliphatic carbocycles. The van der Waals surface area contributed by atoms with Crippen LogP contribution in [0.2, 0.25) is 0 Å². The van der Waals surface area contributed by atoms with Gasteiger partial charge in [0.25, 0.3) is 5.95 Å². The van der Waals surface area contributed by atoms with Crippen LogP contribution in [0.5, 0.6) is 0 Å². The molecule has 1 aromatic carbocycles. The van der Waals surface area contributed by atoms with Crippen molar-refractivity contribution in [2.24, 2.45) is 0 Å². The third-order valence-electron chi connectivity index (χ3n) is 4.19. The minimum atomic E-state index is -0.374. The topological polar surface area (TPSA) is 105 Å². The third kappa shape index (κ3) is 3.21. The molecule has 0 bridgehead atoms. The minimum Gasteiger partial charge on any atom is -0.423 e. The summed E-state index contributed by atoms with van der Waals surface area (Å²) in [7, 11) is 0. The molecule has 138 valence electrons. The van der Waals surface area contributed by atoms with Crippen LogP contribution in [0.15, 0.2) is 44.7 Å². The predicted octanol–water partition coefficient (Wildman–Crippen LogP) is 2.50. The fourth-order valence-corrected chi connectivity index (χ4v) is 3.79. The lowest BCUT2D eigenvalue weighted by molar-refractivity contribution is 0.559. The number of hydrogen-bond acceptors (Lipinski definition) is 7. The number of fused-ring (bicyclic) bond motifs is 1. The smallest absolute Gasteiger partial charge is 0.336 e. The lowest BCUT2D eigenvalue weighted by Crippen LogP contribution is -2.17. The van der Waals surface area contributed by atoms with Crippen LogP contribution in [0.4, 0.5) is 0 Å². The SMILES string of the molecule is Cc1ccc2c(CSc3nnc(-n4nc(C)cc4C)n3N)cc(=O)oc2c1. The van der Waals surface area contributed by atoms with Crippen LogP contribution in [0.25, 0.3) is 16.9 Å². The van der Waals surface area contributed by atoms with Gasteiger partial charge in [0.2, 0.25) is 5.16 Å². The number of hydrogen-bond donors (Lipinski definition) is 1. The molecule has 4 aromatic rings. The van der Waals surface area contributed by atoms with Gasteiger partial charge in [-0.3, -0.25) is 0 Å². The second-order valence-electron chi connectivity index (χ2n) is 6.37. The summed E-state index contributed by atoms with van der Waals surface area (Å²) in [6, 6.07) is 9.25. The average molecular weight is 382 g/mol. The Balaban J connectivity index is 1.64.